The molecule has 4 nitrogen and oxygen atoms in total. The van der Waals surface area contributed by atoms with Crippen molar-refractivity contribution in [3.05, 3.63) is 53.0 Å². The topological polar surface area (TPSA) is 50.4 Å². The number of methoxy groups -OCH3 is 1. The number of hydrogen-bond donors (Lipinski definition) is 2. The fourth-order valence-corrected chi connectivity index (χ4v) is 1.89. The molecule has 2 rings (SSSR count). The van der Waals surface area contributed by atoms with Gasteiger partial charge in [-0.3, -0.25) is 4.79 Å². The van der Waals surface area contributed by atoms with E-state index in [4.69, 9.17) is 4.74 Å². The van der Waals surface area contributed by atoms with Gasteiger partial charge in [-0.2, -0.15) is 0 Å². The summed E-state index contributed by atoms with van der Waals surface area (Å²) in [7, 11) is 1.62. The summed E-state index contributed by atoms with van der Waals surface area (Å²) in [6.45, 7) is 0.211. The van der Waals surface area contributed by atoms with Crippen molar-refractivity contribution in [1.82, 2.24) is 0 Å². The van der Waals surface area contributed by atoms with Crippen LogP contribution in [0, 0.1) is 0 Å². The zero-order chi connectivity index (χ0) is 14.4. The molecule has 0 spiro atoms. The van der Waals surface area contributed by atoms with Gasteiger partial charge in [-0.1, -0.05) is 15.9 Å². The summed E-state index contributed by atoms with van der Waals surface area (Å²) in [4.78, 5) is 11.8. The van der Waals surface area contributed by atoms with E-state index in [9.17, 15) is 4.79 Å². The van der Waals surface area contributed by atoms with Gasteiger partial charge in [0.2, 0.25) is 5.91 Å². The average Bonchev–Trinajstić information content (AvgIpc) is 2.48. The maximum absolute atomic E-state index is 11.8. The minimum Gasteiger partial charge on any atom is -0.497 e. The second-order valence-electron chi connectivity index (χ2n) is 4.14. The number of amides is 1. The van der Waals surface area contributed by atoms with Crippen LogP contribution < -0.4 is 15.4 Å². The van der Waals surface area contributed by atoms with E-state index in [1.807, 2.05) is 48.5 Å². The molecule has 0 aliphatic rings. The summed E-state index contributed by atoms with van der Waals surface area (Å²) >= 11 is 3.35. The van der Waals surface area contributed by atoms with E-state index in [-0.39, 0.29) is 12.5 Å². The quantitative estimate of drug-likeness (QED) is 0.879. The Labute approximate surface area is 126 Å². The Kier molecular flexibility index (Phi) is 5.01. The Morgan fingerprint density at radius 2 is 1.65 bits per heavy atom. The maximum Gasteiger partial charge on any atom is 0.243 e. The molecule has 0 fully saturated rings. The van der Waals surface area contributed by atoms with E-state index in [0.717, 1.165) is 21.6 Å². The van der Waals surface area contributed by atoms with Gasteiger partial charge in [-0.15, -0.1) is 0 Å². The number of rotatable bonds is 5. The van der Waals surface area contributed by atoms with Gasteiger partial charge in [0.05, 0.1) is 13.7 Å². The Bertz CT molecular complexity index is 567. The predicted octanol–water partition coefficient (Wildman–Crippen LogP) is 3.51. The van der Waals surface area contributed by atoms with E-state index in [0.29, 0.717) is 0 Å². The Morgan fingerprint density at radius 3 is 2.25 bits per heavy atom. The first-order valence-corrected chi connectivity index (χ1v) is 6.90. The van der Waals surface area contributed by atoms with Crippen molar-refractivity contribution < 1.29 is 9.53 Å². The molecule has 0 atom stereocenters. The molecular weight excluding hydrogens is 320 g/mol. The number of halogens is 1. The van der Waals surface area contributed by atoms with Gasteiger partial charge < -0.3 is 15.4 Å². The van der Waals surface area contributed by atoms with Gasteiger partial charge in [-0.25, -0.2) is 0 Å². The van der Waals surface area contributed by atoms with Crippen LogP contribution in [0.4, 0.5) is 11.4 Å². The highest BCUT2D eigenvalue weighted by molar-refractivity contribution is 9.10. The van der Waals surface area contributed by atoms with E-state index >= 15 is 0 Å². The number of carbonyl (C=O) groups excluding carboxylic acids is 1. The minimum atomic E-state index is -0.0943. The lowest BCUT2D eigenvalue weighted by Crippen LogP contribution is -2.21. The highest BCUT2D eigenvalue weighted by Gasteiger charge is 2.02. The second-order valence-corrected chi connectivity index (χ2v) is 5.05. The monoisotopic (exact) mass is 334 g/mol. The van der Waals surface area contributed by atoms with Crippen molar-refractivity contribution in [1.29, 1.82) is 0 Å². The van der Waals surface area contributed by atoms with E-state index < -0.39 is 0 Å². The Morgan fingerprint density at radius 1 is 1.05 bits per heavy atom. The molecule has 1 amide bonds. The molecule has 2 aromatic carbocycles. The first-order chi connectivity index (χ1) is 9.67. The highest BCUT2D eigenvalue weighted by atomic mass is 79.9. The molecule has 0 aliphatic heterocycles. The molecule has 0 aliphatic carbocycles. The lowest BCUT2D eigenvalue weighted by molar-refractivity contribution is -0.114. The largest absolute Gasteiger partial charge is 0.497 e. The van der Waals surface area contributed by atoms with Crippen LogP contribution >= 0.6 is 15.9 Å². The first kappa shape index (κ1) is 14.4. The number of benzene rings is 2. The second kappa shape index (κ2) is 6.96. The first-order valence-electron chi connectivity index (χ1n) is 6.11. The molecule has 2 N–H and O–H groups in total. The van der Waals surface area contributed by atoms with Gasteiger partial charge in [-0.05, 0) is 48.5 Å². The number of carbonyl (C=O) groups is 1. The third-order valence-corrected chi connectivity index (χ3v) is 3.20. The van der Waals surface area contributed by atoms with E-state index in [1.165, 1.54) is 0 Å². The van der Waals surface area contributed by atoms with Crippen molar-refractivity contribution in [2.45, 2.75) is 0 Å². The minimum absolute atomic E-state index is 0.0943. The fourth-order valence-electron chi connectivity index (χ4n) is 1.63. The average molecular weight is 335 g/mol. The van der Waals surface area contributed by atoms with Gasteiger partial charge in [0, 0.05) is 15.8 Å². The van der Waals surface area contributed by atoms with Crippen molar-refractivity contribution in [3.8, 4) is 5.75 Å². The van der Waals surface area contributed by atoms with Crippen LogP contribution in [0.1, 0.15) is 0 Å². The Balaban J connectivity index is 1.83. The third kappa shape index (κ3) is 4.28. The standard InChI is InChI=1S/C15H15BrN2O2/c1-20-14-8-6-12(7-9-14)17-10-15(19)18-13-4-2-11(16)3-5-13/h2-9,17H,10H2,1H3,(H,18,19). The van der Waals surface area contributed by atoms with Crippen LogP contribution in [0.2, 0.25) is 0 Å². The zero-order valence-electron chi connectivity index (χ0n) is 11.0. The van der Waals surface area contributed by atoms with Gasteiger partial charge >= 0.3 is 0 Å². The van der Waals surface area contributed by atoms with Crippen LogP contribution in [0.25, 0.3) is 0 Å². The summed E-state index contributed by atoms with van der Waals surface area (Å²) in [5.74, 6) is 0.693. The molecule has 20 heavy (non-hydrogen) atoms. The van der Waals surface area contributed by atoms with Gasteiger partial charge in [0.25, 0.3) is 0 Å². The number of nitrogens with one attached hydrogen (secondary N) is 2. The maximum atomic E-state index is 11.8. The number of ether oxygens (including phenoxy) is 1. The molecule has 0 heterocycles. The molecule has 0 bridgehead atoms. The smallest absolute Gasteiger partial charge is 0.243 e. The summed E-state index contributed by atoms with van der Waals surface area (Å²) in [5.41, 5.74) is 1.64. The highest BCUT2D eigenvalue weighted by Crippen LogP contribution is 2.15. The number of hydrogen-bond acceptors (Lipinski definition) is 3. The molecule has 5 heteroatoms. The van der Waals surface area contributed by atoms with E-state index in [1.54, 1.807) is 7.11 Å². The molecule has 2 aromatic rings. The molecule has 0 radical (unpaired) electrons. The molecule has 0 aromatic heterocycles. The number of anilines is 2. The van der Waals surface area contributed by atoms with Gasteiger partial charge in [0.15, 0.2) is 0 Å². The molecule has 0 saturated carbocycles. The summed E-state index contributed by atoms with van der Waals surface area (Å²) in [5, 5.41) is 5.87. The molecule has 0 saturated heterocycles. The van der Waals surface area contributed by atoms with Crippen LogP contribution in [-0.2, 0) is 4.79 Å². The van der Waals surface area contributed by atoms with Crippen LogP contribution in [0.15, 0.2) is 53.0 Å². The predicted molar refractivity (Wildman–Crippen MR) is 84.3 cm³/mol. The van der Waals surface area contributed by atoms with Crippen LogP contribution in [0.5, 0.6) is 5.75 Å². The lowest BCUT2D eigenvalue weighted by atomic mass is 10.3. The van der Waals surface area contributed by atoms with Crippen molar-refractivity contribution in [2.75, 3.05) is 24.3 Å². The van der Waals surface area contributed by atoms with Crippen molar-refractivity contribution >= 4 is 33.2 Å². The van der Waals surface area contributed by atoms with Crippen LogP contribution in [0.3, 0.4) is 0 Å². The SMILES string of the molecule is COc1ccc(NCC(=O)Nc2ccc(Br)cc2)cc1. The molecule has 0 unspecified atom stereocenters. The Hall–Kier alpha value is -2.01. The van der Waals surface area contributed by atoms with Gasteiger partial charge in [0.1, 0.15) is 5.75 Å². The summed E-state index contributed by atoms with van der Waals surface area (Å²) in [6, 6.07) is 14.9. The zero-order valence-corrected chi connectivity index (χ0v) is 12.6. The molecular formula is C15H15BrN2O2. The van der Waals surface area contributed by atoms with E-state index in [2.05, 4.69) is 26.6 Å². The third-order valence-electron chi connectivity index (χ3n) is 2.67. The summed E-state index contributed by atoms with van der Waals surface area (Å²) in [6.07, 6.45) is 0. The van der Waals surface area contributed by atoms with Crippen molar-refractivity contribution in [2.24, 2.45) is 0 Å². The normalized spacial score (nSPS) is 9.90. The van der Waals surface area contributed by atoms with Crippen molar-refractivity contribution in [3.63, 3.8) is 0 Å². The molecule has 104 valence electrons. The fraction of sp³-hybridized carbons (Fsp3) is 0.133. The summed E-state index contributed by atoms with van der Waals surface area (Å²) < 4.78 is 6.05. The van der Waals surface area contributed by atoms with Crippen LogP contribution in [-0.4, -0.2) is 19.6 Å². The lowest BCUT2D eigenvalue weighted by Gasteiger charge is -2.08.